The van der Waals surface area contributed by atoms with Crippen molar-refractivity contribution in [3.05, 3.63) is 66.0 Å². The molecule has 0 saturated heterocycles. The molecule has 1 aromatic carbocycles. The second-order valence-corrected chi connectivity index (χ2v) is 4.82. The summed E-state index contributed by atoms with van der Waals surface area (Å²) in [5.74, 6) is 0.619. The van der Waals surface area contributed by atoms with Gasteiger partial charge in [-0.15, -0.1) is 0 Å². The van der Waals surface area contributed by atoms with Crippen molar-refractivity contribution in [1.82, 2.24) is 10.3 Å². The van der Waals surface area contributed by atoms with Gasteiger partial charge in [0.25, 0.3) is 0 Å². The van der Waals surface area contributed by atoms with Gasteiger partial charge < -0.3 is 14.8 Å². The number of nitrogens with one attached hydrogen (secondary N) is 1. The summed E-state index contributed by atoms with van der Waals surface area (Å²) in [5.41, 5.74) is 1.91. The van der Waals surface area contributed by atoms with Gasteiger partial charge in [0, 0.05) is 32.1 Å². The van der Waals surface area contributed by atoms with Crippen molar-refractivity contribution < 1.29 is 14.3 Å². The largest absolute Gasteiger partial charge is 0.491 e. The average molecular weight is 312 g/mol. The Bertz CT molecular complexity index is 642. The number of amides is 1. The van der Waals surface area contributed by atoms with Crippen molar-refractivity contribution in [3.8, 4) is 5.75 Å². The van der Waals surface area contributed by atoms with E-state index in [1.807, 2.05) is 36.4 Å². The molecule has 120 valence electrons. The predicted molar refractivity (Wildman–Crippen MR) is 88.9 cm³/mol. The number of nitrogens with zero attached hydrogens (tertiary/aromatic N) is 1. The number of hydrogen-bond acceptors (Lipinski definition) is 4. The van der Waals surface area contributed by atoms with Crippen LogP contribution in [0.3, 0.4) is 0 Å². The number of pyridine rings is 1. The third kappa shape index (κ3) is 6.32. The van der Waals surface area contributed by atoms with Gasteiger partial charge >= 0.3 is 0 Å². The van der Waals surface area contributed by atoms with Gasteiger partial charge in [0.05, 0.1) is 6.61 Å². The van der Waals surface area contributed by atoms with E-state index in [-0.39, 0.29) is 5.91 Å². The normalized spacial score (nSPS) is 10.7. The predicted octanol–water partition coefficient (Wildman–Crippen LogP) is 2.44. The van der Waals surface area contributed by atoms with Crippen LogP contribution in [0.1, 0.15) is 11.1 Å². The van der Waals surface area contributed by atoms with E-state index in [2.05, 4.69) is 10.3 Å². The van der Waals surface area contributed by atoms with Gasteiger partial charge in [-0.2, -0.15) is 0 Å². The van der Waals surface area contributed by atoms with Crippen LogP contribution in [-0.2, 0) is 16.1 Å². The van der Waals surface area contributed by atoms with Crippen LogP contribution in [0.2, 0.25) is 0 Å². The summed E-state index contributed by atoms with van der Waals surface area (Å²) in [5, 5.41) is 2.84. The number of ether oxygens (including phenoxy) is 2. The highest BCUT2D eigenvalue weighted by Gasteiger charge is 2.00. The lowest BCUT2D eigenvalue weighted by Gasteiger charge is -2.08. The second kappa shape index (κ2) is 9.38. The van der Waals surface area contributed by atoms with E-state index in [4.69, 9.17) is 9.47 Å². The van der Waals surface area contributed by atoms with Gasteiger partial charge in [-0.3, -0.25) is 9.78 Å². The molecule has 2 rings (SSSR count). The number of hydrogen-bond donors (Lipinski definition) is 1. The number of carbonyl (C=O) groups excluding carboxylic acids is 1. The van der Waals surface area contributed by atoms with Crippen LogP contribution in [0.15, 0.2) is 54.9 Å². The van der Waals surface area contributed by atoms with Crippen LogP contribution < -0.4 is 10.1 Å². The Balaban J connectivity index is 1.82. The molecule has 1 N–H and O–H groups in total. The molecule has 5 nitrogen and oxygen atoms in total. The minimum Gasteiger partial charge on any atom is -0.491 e. The second-order valence-electron chi connectivity index (χ2n) is 4.82. The molecule has 0 radical (unpaired) electrons. The van der Waals surface area contributed by atoms with E-state index in [0.29, 0.717) is 19.8 Å². The fourth-order valence-electron chi connectivity index (χ4n) is 1.88. The Kier molecular flexibility index (Phi) is 6.81. The molecule has 0 saturated carbocycles. The molecule has 1 amide bonds. The molecule has 0 spiro atoms. The maximum Gasteiger partial charge on any atom is 0.244 e. The third-order valence-corrected chi connectivity index (χ3v) is 3.05. The summed E-state index contributed by atoms with van der Waals surface area (Å²) in [7, 11) is 1.63. The lowest BCUT2D eigenvalue weighted by Crippen LogP contribution is -2.20. The lowest BCUT2D eigenvalue weighted by atomic mass is 10.2. The smallest absolute Gasteiger partial charge is 0.244 e. The molecule has 0 aliphatic heterocycles. The highest BCUT2D eigenvalue weighted by Crippen LogP contribution is 2.13. The lowest BCUT2D eigenvalue weighted by molar-refractivity contribution is -0.116. The summed E-state index contributed by atoms with van der Waals surface area (Å²) < 4.78 is 10.5. The first-order chi connectivity index (χ1) is 11.3. The fourth-order valence-corrected chi connectivity index (χ4v) is 1.88. The van der Waals surface area contributed by atoms with Crippen LogP contribution in [0.4, 0.5) is 0 Å². The van der Waals surface area contributed by atoms with Crippen molar-refractivity contribution in [2.45, 2.75) is 6.54 Å². The summed E-state index contributed by atoms with van der Waals surface area (Å²) in [4.78, 5) is 15.8. The monoisotopic (exact) mass is 312 g/mol. The summed E-state index contributed by atoms with van der Waals surface area (Å²) >= 11 is 0. The zero-order chi connectivity index (χ0) is 16.3. The first-order valence-corrected chi connectivity index (χ1v) is 7.34. The fraction of sp³-hybridized carbons (Fsp3) is 0.222. The molecule has 0 fully saturated rings. The van der Waals surface area contributed by atoms with E-state index in [9.17, 15) is 4.79 Å². The Labute approximate surface area is 136 Å². The van der Waals surface area contributed by atoms with E-state index < -0.39 is 0 Å². The van der Waals surface area contributed by atoms with Gasteiger partial charge in [-0.25, -0.2) is 0 Å². The van der Waals surface area contributed by atoms with Crippen molar-refractivity contribution >= 4 is 12.0 Å². The highest BCUT2D eigenvalue weighted by molar-refractivity contribution is 5.91. The van der Waals surface area contributed by atoms with Gasteiger partial charge in [0.15, 0.2) is 0 Å². The Morgan fingerprint density at radius 2 is 2.04 bits per heavy atom. The van der Waals surface area contributed by atoms with Crippen molar-refractivity contribution in [3.63, 3.8) is 0 Å². The molecule has 0 aliphatic rings. The highest BCUT2D eigenvalue weighted by atomic mass is 16.5. The molecule has 1 aromatic heterocycles. The number of benzene rings is 1. The maximum atomic E-state index is 11.8. The molecule has 5 heteroatoms. The Morgan fingerprint density at radius 1 is 1.22 bits per heavy atom. The first kappa shape index (κ1) is 16.7. The van der Waals surface area contributed by atoms with Gasteiger partial charge in [-0.05, 0) is 41.5 Å². The number of carbonyl (C=O) groups is 1. The minimum atomic E-state index is -0.146. The van der Waals surface area contributed by atoms with E-state index in [1.165, 1.54) is 6.08 Å². The molecule has 1 heterocycles. The topological polar surface area (TPSA) is 60.5 Å². The van der Waals surface area contributed by atoms with Gasteiger partial charge in [0.2, 0.25) is 5.91 Å². The van der Waals surface area contributed by atoms with E-state index >= 15 is 0 Å². The SMILES string of the molecule is COCCOc1cccc(CNC(=O)/C=C/c2ccncc2)c1. The van der Waals surface area contributed by atoms with Crippen molar-refractivity contribution in [2.75, 3.05) is 20.3 Å². The Hall–Kier alpha value is -2.66. The van der Waals surface area contributed by atoms with Crippen molar-refractivity contribution in [1.29, 1.82) is 0 Å². The summed E-state index contributed by atoms with van der Waals surface area (Å²) in [6, 6.07) is 11.3. The Morgan fingerprint density at radius 3 is 2.83 bits per heavy atom. The molecule has 0 unspecified atom stereocenters. The third-order valence-electron chi connectivity index (χ3n) is 3.05. The molecule has 0 bridgehead atoms. The maximum absolute atomic E-state index is 11.8. The standard InChI is InChI=1S/C18H20N2O3/c1-22-11-12-23-17-4-2-3-16(13-17)14-20-18(21)6-5-15-7-9-19-10-8-15/h2-10,13H,11-12,14H2,1H3,(H,20,21)/b6-5+. The number of aromatic nitrogens is 1. The molecule has 23 heavy (non-hydrogen) atoms. The van der Waals surface area contributed by atoms with Gasteiger partial charge in [0.1, 0.15) is 12.4 Å². The first-order valence-electron chi connectivity index (χ1n) is 7.34. The van der Waals surface area contributed by atoms with Crippen LogP contribution >= 0.6 is 0 Å². The summed E-state index contributed by atoms with van der Waals surface area (Å²) in [6.45, 7) is 1.49. The molecular weight excluding hydrogens is 292 g/mol. The van der Waals surface area contributed by atoms with Crippen LogP contribution in [0.25, 0.3) is 6.08 Å². The van der Waals surface area contributed by atoms with Gasteiger partial charge in [-0.1, -0.05) is 12.1 Å². The van der Waals surface area contributed by atoms with Crippen molar-refractivity contribution in [2.24, 2.45) is 0 Å². The minimum absolute atomic E-state index is 0.146. The average Bonchev–Trinajstić information content (AvgIpc) is 2.60. The summed E-state index contributed by atoms with van der Waals surface area (Å²) in [6.07, 6.45) is 6.63. The van der Waals surface area contributed by atoms with Crippen LogP contribution in [-0.4, -0.2) is 31.2 Å². The zero-order valence-corrected chi connectivity index (χ0v) is 13.1. The quantitative estimate of drug-likeness (QED) is 0.601. The van der Waals surface area contributed by atoms with E-state index in [1.54, 1.807) is 25.6 Å². The van der Waals surface area contributed by atoms with E-state index in [0.717, 1.165) is 16.9 Å². The molecule has 0 atom stereocenters. The van der Waals surface area contributed by atoms with Crippen LogP contribution in [0, 0.1) is 0 Å². The zero-order valence-electron chi connectivity index (χ0n) is 13.1. The molecule has 2 aromatic rings. The molecule has 0 aliphatic carbocycles. The number of methoxy groups -OCH3 is 1. The number of rotatable bonds is 8. The van der Waals surface area contributed by atoms with Crippen LogP contribution in [0.5, 0.6) is 5.75 Å². The molecular formula is C18H20N2O3.